The fourth-order valence-electron chi connectivity index (χ4n) is 1.46. The zero-order valence-electron chi connectivity index (χ0n) is 8.43. The van der Waals surface area contributed by atoms with Crippen LogP contribution in [0.1, 0.15) is 33.1 Å². The van der Waals surface area contributed by atoms with E-state index in [-0.39, 0.29) is 0 Å². The van der Waals surface area contributed by atoms with Crippen molar-refractivity contribution in [2.75, 3.05) is 20.3 Å². The van der Waals surface area contributed by atoms with Gasteiger partial charge < -0.3 is 9.47 Å². The highest BCUT2D eigenvalue weighted by Gasteiger charge is 2.41. The Morgan fingerprint density at radius 3 is 2.42 bits per heavy atom. The van der Waals surface area contributed by atoms with Crippen molar-refractivity contribution in [3.63, 3.8) is 0 Å². The van der Waals surface area contributed by atoms with E-state index in [0.717, 1.165) is 13.2 Å². The monoisotopic (exact) mass is 172 g/mol. The first-order valence-electron chi connectivity index (χ1n) is 4.79. The van der Waals surface area contributed by atoms with Gasteiger partial charge in [0.25, 0.3) is 0 Å². The Morgan fingerprint density at radius 1 is 1.33 bits per heavy atom. The number of hydrogen-bond acceptors (Lipinski definition) is 2. The second-order valence-corrected chi connectivity index (χ2v) is 4.10. The standard InChI is InChI=1S/C10H20O2/c1-9(2)12-7-6-10(4-5-10)8-11-3/h9H,4-8H2,1-3H3. The zero-order chi connectivity index (χ0) is 9.03. The largest absolute Gasteiger partial charge is 0.384 e. The molecule has 12 heavy (non-hydrogen) atoms. The van der Waals surface area contributed by atoms with Crippen molar-refractivity contribution in [3.05, 3.63) is 0 Å². The van der Waals surface area contributed by atoms with E-state index in [0.29, 0.717) is 11.5 Å². The van der Waals surface area contributed by atoms with Crippen LogP contribution in [0.4, 0.5) is 0 Å². The van der Waals surface area contributed by atoms with Crippen LogP contribution in [0.25, 0.3) is 0 Å². The topological polar surface area (TPSA) is 18.5 Å². The molecule has 0 aromatic heterocycles. The summed E-state index contributed by atoms with van der Waals surface area (Å²) in [6.07, 6.45) is 4.17. The van der Waals surface area contributed by atoms with Gasteiger partial charge >= 0.3 is 0 Å². The normalized spacial score (nSPS) is 20.0. The van der Waals surface area contributed by atoms with Gasteiger partial charge in [-0.3, -0.25) is 0 Å². The number of ether oxygens (including phenoxy) is 2. The highest BCUT2D eigenvalue weighted by atomic mass is 16.5. The molecule has 1 aliphatic rings. The fraction of sp³-hybridized carbons (Fsp3) is 1.00. The summed E-state index contributed by atoms with van der Waals surface area (Å²) >= 11 is 0. The van der Waals surface area contributed by atoms with Crippen LogP contribution in [0.2, 0.25) is 0 Å². The molecule has 1 rings (SSSR count). The zero-order valence-corrected chi connectivity index (χ0v) is 8.43. The third kappa shape index (κ3) is 3.11. The van der Waals surface area contributed by atoms with Crippen LogP contribution in [0.3, 0.4) is 0 Å². The van der Waals surface area contributed by atoms with E-state index < -0.39 is 0 Å². The van der Waals surface area contributed by atoms with Crippen molar-refractivity contribution < 1.29 is 9.47 Å². The van der Waals surface area contributed by atoms with E-state index in [1.165, 1.54) is 19.3 Å². The first kappa shape index (κ1) is 10.0. The summed E-state index contributed by atoms with van der Waals surface area (Å²) in [7, 11) is 1.78. The molecule has 0 heterocycles. The van der Waals surface area contributed by atoms with Gasteiger partial charge in [-0.1, -0.05) is 0 Å². The highest BCUT2D eigenvalue weighted by Crippen LogP contribution is 2.48. The molecule has 0 amide bonds. The summed E-state index contributed by atoms with van der Waals surface area (Å²) in [6, 6.07) is 0. The first-order valence-corrected chi connectivity index (χ1v) is 4.79. The molecular formula is C10H20O2. The smallest absolute Gasteiger partial charge is 0.0519 e. The first-order chi connectivity index (χ1) is 5.68. The summed E-state index contributed by atoms with van der Waals surface area (Å²) in [4.78, 5) is 0. The van der Waals surface area contributed by atoms with Crippen LogP contribution in [-0.4, -0.2) is 26.4 Å². The molecule has 2 heteroatoms. The molecule has 1 aliphatic carbocycles. The summed E-state index contributed by atoms with van der Waals surface area (Å²) in [5.41, 5.74) is 0.490. The van der Waals surface area contributed by atoms with Crippen LogP contribution in [0.5, 0.6) is 0 Å². The predicted molar refractivity (Wildman–Crippen MR) is 49.2 cm³/mol. The van der Waals surface area contributed by atoms with E-state index in [1.54, 1.807) is 7.11 Å². The second-order valence-electron chi connectivity index (χ2n) is 4.10. The third-order valence-electron chi connectivity index (χ3n) is 2.49. The van der Waals surface area contributed by atoms with Crippen molar-refractivity contribution >= 4 is 0 Å². The van der Waals surface area contributed by atoms with Crippen LogP contribution < -0.4 is 0 Å². The Bertz CT molecular complexity index is 128. The van der Waals surface area contributed by atoms with Gasteiger partial charge in [0.1, 0.15) is 0 Å². The molecule has 0 spiro atoms. The minimum absolute atomic E-state index is 0.364. The lowest BCUT2D eigenvalue weighted by atomic mass is 10.1. The molecule has 0 bridgehead atoms. The van der Waals surface area contributed by atoms with E-state index >= 15 is 0 Å². The quantitative estimate of drug-likeness (QED) is 0.611. The Labute approximate surface area is 75.2 Å². The summed E-state index contributed by atoms with van der Waals surface area (Å²) in [5, 5.41) is 0. The molecule has 0 aromatic rings. The van der Waals surface area contributed by atoms with Crippen LogP contribution in [0.15, 0.2) is 0 Å². The number of rotatable bonds is 6. The van der Waals surface area contributed by atoms with Gasteiger partial charge in [0.2, 0.25) is 0 Å². The minimum Gasteiger partial charge on any atom is -0.384 e. The molecule has 0 aliphatic heterocycles. The molecule has 0 saturated heterocycles. The van der Waals surface area contributed by atoms with Gasteiger partial charge in [0.05, 0.1) is 12.7 Å². The van der Waals surface area contributed by atoms with Crippen LogP contribution >= 0.6 is 0 Å². The van der Waals surface area contributed by atoms with Crippen molar-refractivity contribution in [3.8, 4) is 0 Å². The SMILES string of the molecule is COCC1(CCOC(C)C)CC1. The van der Waals surface area contributed by atoms with Gasteiger partial charge in [-0.15, -0.1) is 0 Å². The van der Waals surface area contributed by atoms with Gasteiger partial charge in [-0.25, -0.2) is 0 Å². The Hall–Kier alpha value is -0.0800. The predicted octanol–water partition coefficient (Wildman–Crippen LogP) is 2.23. The summed E-state index contributed by atoms with van der Waals surface area (Å²) < 4.78 is 10.7. The summed E-state index contributed by atoms with van der Waals surface area (Å²) in [6.45, 7) is 5.96. The molecule has 0 aromatic carbocycles. The molecule has 2 nitrogen and oxygen atoms in total. The van der Waals surface area contributed by atoms with Gasteiger partial charge in [-0.05, 0) is 38.5 Å². The molecule has 1 fully saturated rings. The minimum atomic E-state index is 0.364. The van der Waals surface area contributed by atoms with E-state index in [9.17, 15) is 0 Å². The maximum Gasteiger partial charge on any atom is 0.0519 e. The van der Waals surface area contributed by atoms with E-state index in [4.69, 9.17) is 9.47 Å². The van der Waals surface area contributed by atoms with Gasteiger partial charge in [0, 0.05) is 13.7 Å². The Morgan fingerprint density at radius 2 is 2.00 bits per heavy atom. The maximum absolute atomic E-state index is 5.51. The fourth-order valence-corrected chi connectivity index (χ4v) is 1.46. The number of hydrogen-bond donors (Lipinski definition) is 0. The van der Waals surface area contributed by atoms with E-state index in [1.807, 2.05) is 0 Å². The average Bonchev–Trinajstić information content (AvgIpc) is 2.69. The van der Waals surface area contributed by atoms with Crippen molar-refractivity contribution in [1.29, 1.82) is 0 Å². The maximum atomic E-state index is 5.51. The highest BCUT2D eigenvalue weighted by molar-refractivity contribution is 4.92. The molecule has 72 valence electrons. The van der Waals surface area contributed by atoms with Crippen molar-refractivity contribution in [2.45, 2.75) is 39.2 Å². The van der Waals surface area contributed by atoms with Crippen molar-refractivity contribution in [1.82, 2.24) is 0 Å². The third-order valence-corrected chi connectivity index (χ3v) is 2.49. The Kier molecular flexibility index (Phi) is 3.53. The van der Waals surface area contributed by atoms with E-state index in [2.05, 4.69) is 13.8 Å². The van der Waals surface area contributed by atoms with Gasteiger partial charge in [-0.2, -0.15) is 0 Å². The molecular weight excluding hydrogens is 152 g/mol. The average molecular weight is 172 g/mol. The molecule has 0 atom stereocenters. The van der Waals surface area contributed by atoms with Crippen LogP contribution in [0, 0.1) is 5.41 Å². The van der Waals surface area contributed by atoms with Gasteiger partial charge in [0.15, 0.2) is 0 Å². The lowest BCUT2D eigenvalue weighted by molar-refractivity contribution is 0.0505. The molecule has 0 radical (unpaired) electrons. The van der Waals surface area contributed by atoms with Crippen LogP contribution in [-0.2, 0) is 9.47 Å². The lowest BCUT2D eigenvalue weighted by Crippen LogP contribution is -2.14. The lowest BCUT2D eigenvalue weighted by Gasteiger charge is -2.14. The summed E-state index contributed by atoms with van der Waals surface area (Å²) in [5.74, 6) is 0. The molecule has 1 saturated carbocycles. The Balaban J connectivity index is 2.06. The van der Waals surface area contributed by atoms with Crippen molar-refractivity contribution in [2.24, 2.45) is 5.41 Å². The molecule has 0 N–H and O–H groups in total. The molecule has 0 unspecified atom stereocenters. The second kappa shape index (κ2) is 4.24. The number of methoxy groups -OCH3 is 1.